The number of rotatable bonds is 4. The molecule has 0 amide bonds. The van der Waals surface area contributed by atoms with Gasteiger partial charge in [-0.3, -0.25) is 4.79 Å². The Kier molecular flexibility index (Phi) is 3.89. The van der Waals surface area contributed by atoms with Crippen LogP contribution in [-0.4, -0.2) is 5.78 Å². The molecule has 0 atom stereocenters. The molecule has 0 radical (unpaired) electrons. The van der Waals surface area contributed by atoms with Gasteiger partial charge in [-0.2, -0.15) is 0 Å². The van der Waals surface area contributed by atoms with E-state index in [0.29, 0.717) is 23.6 Å². The van der Waals surface area contributed by atoms with Gasteiger partial charge in [-0.25, -0.2) is 0 Å². The number of carbonyl (C=O) groups is 1. The second-order valence-corrected chi connectivity index (χ2v) is 4.17. The first-order valence-electron chi connectivity index (χ1n) is 5.48. The lowest BCUT2D eigenvalue weighted by atomic mass is 9.97. The SMILES string of the molecule is CCCC(=O)c1cc(C(C)C)ccc1N. The molecule has 0 aliphatic heterocycles. The highest BCUT2D eigenvalue weighted by Crippen LogP contribution is 2.21. The van der Waals surface area contributed by atoms with Crippen LogP contribution < -0.4 is 5.73 Å². The van der Waals surface area contributed by atoms with E-state index < -0.39 is 0 Å². The maximum absolute atomic E-state index is 11.8. The van der Waals surface area contributed by atoms with E-state index in [9.17, 15) is 4.79 Å². The molecule has 0 unspecified atom stereocenters. The second kappa shape index (κ2) is 4.96. The predicted molar refractivity (Wildman–Crippen MR) is 64.2 cm³/mol. The molecule has 0 bridgehead atoms. The van der Waals surface area contributed by atoms with Crippen LogP contribution in [0.3, 0.4) is 0 Å². The van der Waals surface area contributed by atoms with Crippen molar-refractivity contribution in [2.24, 2.45) is 0 Å². The van der Waals surface area contributed by atoms with Gasteiger partial charge in [0.1, 0.15) is 0 Å². The summed E-state index contributed by atoms with van der Waals surface area (Å²) in [7, 11) is 0. The number of nitrogens with two attached hydrogens (primary N) is 1. The third-order valence-electron chi connectivity index (χ3n) is 2.52. The zero-order valence-electron chi connectivity index (χ0n) is 9.71. The highest BCUT2D eigenvalue weighted by Gasteiger charge is 2.10. The number of Topliss-reactive ketones (excluding diaryl/α,β-unsaturated/α-hetero) is 1. The van der Waals surface area contributed by atoms with Gasteiger partial charge in [-0.05, 0) is 30.0 Å². The summed E-state index contributed by atoms with van der Waals surface area (Å²) in [5.74, 6) is 0.580. The molecule has 1 aromatic carbocycles. The number of ketones is 1. The summed E-state index contributed by atoms with van der Waals surface area (Å²) in [5.41, 5.74) is 8.25. The second-order valence-electron chi connectivity index (χ2n) is 4.17. The van der Waals surface area contributed by atoms with Crippen molar-refractivity contribution in [3.8, 4) is 0 Å². The Labute approximate surface area is 91.5 Å². The summed E-state index contributed by atoms with van der Waals surface area (Å²) in [5, 5.41) is 0. The minimum Gasteiger partial charge on any atom is -0.398 e. The van der Waals surface area contributed by atoms with Crippen LogP contribution in [0.2, 0.25) is 0 Å². The summed E-state index contributed by atoms with van der Waals surface area (Å²) in [4.78, 5) is 11.8. The van der Waals surface area contributed by atoms with Crippen LogP contribution >= 0.6 is 0 Å². The summed E-state index contributed by atoms with van der Waals surface area (Å²) in [6.07, 6.45) is 1.44. The third kappa shape index (κ3) is 2.82. The van der Waals surface area contributed by atoms with Crippen molar-refractivity contribution in [1.29, 1.82) is 0 Å². The van der Waals surface area contributed by atoms with E-state index in [1.165, 1.54) is 5.56 Å². The molecule has 0 aliphatic carbocycles. The lowest BCUT2D eigenvalue weighted by Gasteiger charge is -2.09. The minimum atomic E-state index is 0.150. The van der Waals surface area contributed by atoms with E-state index in [-0.39, 0.29) is 5.78 Å². The summed E-state index contributed by atoms with van der Waals surface area (Å²) in [6, 6.07) is 5.75. The number of nitrogen functional groups attached to an aromatic ring is 1. The number of anilines is 1. The molecule has 0 saturated carbocycles. The summed E-state index contributed by atoms with van der Waals surface area (Å²) in [6.45, 7) is 6.22. The van der Waals surface area contributed by atoms with Crippen molar-refractivity contribution < 1.29 is 4.79 Å². The van der Waals surface area contributed by atoms with Crippen molar-refractivity contribution in [1.82, 2.24) is 0 Å². The number of hydrogen-bond donors (Lipinski definition) is 1. The maximum atomic E-state index is 11.8. The van der Waals surface area contributed by atoms with Gasteiger partial charge in [0.15, 0.2) is 5.78 Å². The Morgan fingerprint density at radius 1 is 1.40 bits per heavy atom. The van der Waals surface area contributed by atoms with Gasteiger partial charge in [0, 0.05) is 17.7 Å². The number of carbonyl (C=O) groups excluding carboxylic acids is 1. The van der Waals surface area contributed by atoms with Crippen LogP contribution in [-0.2, 0) is 0 Å². The lowest BCUT2D eigenvalue weighted by molar-refractivity contribution is 0.0982. The van der Waals surface area contributed by atoms with Crippen LogP contribution in [0.25, 0.3) is 0 Å². The first-order valence-corrected chi connectivity index (χ1v) is 5.48. The standard InChI is InChI=1S/C13H19NO/c1-4-5-13(15)11-8-10(9(2)3)6-7-12(11)14/h6-9H,4-5,14H2,1-3H3. The highest BCUT2D eigenvalue weighted by molar-refractivity contribution is 6.00. The zero-order valence-corrected chi connectivity index (χ0v) is 9.71. The molecule has 1 aromatic rings. The van der Waals surface area contributed by atoms with Crippen molar-refractivity contribution in [3.63, 3.8) is 0 Å². The molecule has 1 rings (SSSR count). The van der Waals surface area contributed by atoms with Crippen LogP contribution in [0.5, 0.6) is 0 Å². The Morgan fingerprint density at radius 3 is 2.60 bits per heavy atom. The van der Waals surface area contributed by atoms with Crippen LogP contribution in [0.1, 0.15) is 55.5 Å². The van der Waals surface area contributed by atoms with Crippen LogP contribution in [0, 0.1) is 0 Å². The molecule has 0 aliphatic rings. The first-order chi connectivity index (χ1) is 7.06. The topological polar surface area (TPSA) is 43.1 Å². The Bertz CT molecular complexity index is 356. The van der Waals surface area contributed by atoms with Gasteiger partial charge in [0.05, 0.1) is 0 Å². The molecule has 2 nitrogen and oxygen atoms in total. The fourth-order valence-electron chi connectivity index (χ4n) is 1.54. The van der Waals surface area contributed by atoms with E-state index in [4.69, 9.17) is 5.73 Å². The molecule has 0 saturated heterocycles. The molecule has 0 heterocycles. The molecule has 0 fully saturated rings. The summed E-state index contributed by atoms with van der Waals surface area (Å²) >= 11 is 0. The van der Waals surface area contributed by atoms with Gasteiger partial charge in [-0.15, -0.1) is 0 Å². The van der Waals surface area contributed by atoms with Crippen LogP contribution in [0.15, 0.2) is 18.2 Å². The Morgan fingerprint density at radius 2 is 2.07 bits per heavy atom. The van der Waals surface area contributed by atoms with Crippen molar-refractivity contribution in [2.45, 2.75) is 39.5 Å². The smallest absolute Gasteiger partial charge is 0.164 e. The largest absolute Gasteiger partial charge is 0.398 e. The van der Waals surface area contributed by atoms with E-state index >= 15 is 0 Å². The normalized spacial score (nSPS) is 10.7. The third-order valence-corrected chi connectivity index (χ3v) is 2.52. The number of hydrogen-bond acceptors (Lipinski definition) is 2. The van der Waals surface area contributed by atoms with Gasteiger partial charge in [0.25, 0.3) is 0 Å². The molecule has 82 valence electrons. The average Bonchev–Trinajstić information content (AvgIpc) is 2.18. The van der Waals surface area contributed by atoms with Gasteiger partial charge < -0.3 is 5.73 Å². The monoisotopic (exact) mass is 205 g/mol. The van der Waals surface area contributed by atoms with Crippen LogP contribution in [0.4, 0.5) is 5.69 Å². The molecule has 0 spiro atoms. The number of benzene rings is 1. The fraction of sp³-hybridized carbons (Fsp3) is 0.462. The van der Waals surface area contributed by atoms with Gasteiger partial charge >= 0.3 is 0 Å². The van der Waals surface area contributed by atoms with E-state index in [0.717, 1.165) is 6.42 Å². The van der Waals surface area contributed by atoms with Crippen molar-refractivity contribution in [2.75, 3.05) is 5.73 Å². The highest BCUT2D eigenvalue weighted by atomic mass is 16.1. The quantitative estimate of drug-likeness (QED) is 0.605. The molecule has 2 heteroatoms. The average molecular weight is 205 g/mol. The Balaban J connectivity index is 3.05. The lowest BCUT2D eigenvalue weighted by Crippen LogP contribution is -2.04. The molecule has 0 aromatic heterocycles. The molecular formula is C13H19NO. The minimum absolute atomic E-state index is 0.150. The molecular weight excluding hydrogens is 186 g/mol. The maximum Gasteiger partial charge on any atom is 0.164 e. The zero-order chi connectivity index (χ0) is 11.4. The van der Waals surface area contributed by atoms with E-state index in [1.54, 1.807) is 0 Å². The summed E-state index contributed by atoms with van der Waals surface area (Å²) < 4.78 is 0. The molecule has 2 N–H and O–H groups in total. The first kappa shape index (κ1) is 11.8. The van der Waals surface area contributed by atoms with Gasteiger partial charge in [-0.1, -0.05) is 26.8 Å². The Hall–Kier alpha value is -1.31. The molecule has 15 heavy (non-hydrogen) atoms. The fourth-order valence-corrected chi connectivity index (χ4v) is 1.54. The predicted octanol–water partition coefficient (Wildman–Crippen LogP) is 3.38. The van der Waals surface area contributed by atoms with Gasteiger partial charge in [0.2, 0.25) is 0 Å². The van der Waals surface area contributed by atoms with E-state index in [1.807, 2.05) is 25.1 Å². The van der Waals surface area contributed by atoms with E-state index in [2.05, 4.69) is 13.8 Å². The van der Waals surface area contributed by atoms with Crippen molar-refractivity contribution >= 4 is 11.5 Å². The van der Waals surface area contributed by atoms with Crippen molar-refractivity contribution in [3.05, 3.63) is 29.3 Å².